The van der Waals surface area contributed by atoms with Gasteiger partial charge in [0, 0.05) is 50.3 Å². The number of para-hydroxylation sites is 1. The third-order valence-corrected chi connectivity index (χ3v) is 7.83. The van der Waals surface area contributed by atoms with Crippen LogP contribution in [0.2, 0.25) is 0 Å². The fraction of sp³-hybridized carbons (Fsp3) is 0.367. The number of carbonyl (C=O) groups is 1. The number of rotatable bonds is 6. The Labute approximate surface area is 215 Å². The van der Waals surface area contributed by atoms with Crippen LogP contribution in [0.3, 0.4) is 0 Å². The van der Waals surface area contributed by atoms with E-state index in [1.807, 2.05) is 46.0 Å². The molecule has 0 N–H and O–H groups in total. The zero-order chi connectivity index (χ0) is 24.9. The van der Waals surface area contributed by atoms with Crippen molar-refractivity contribution in [2.24, 2.45) is 0 Å². The van der Waals surface area contributed by atoms with Gasteiger partial charge in [0.2, 0.25) is 0 Å². The van der Waals surface area contributed by atoms with Crippen molar-refractivity contribution in [2.75, 3.05) is 26.2 Å². The molecule has 3 aliphatic rings. The molecule has 6 nitrogen and oxygen atoms in total. The second-order valence-electron chi connectivity index (χ2n) is 10.7. The molecule has 37 heavy (non-hydrogen) atoms. The highest BCUT2D eigenvalue weighted by Crippen LogP contribution is 2.46. The van der Waals surface area contributed by atoms with Crippen molar-refractivity contribution in [3.8, 4) is 5.69 Å². The molecule has 7 heteroatoms. The van der Waals surface area contributed by atoms with Crippen LogP contribution in [0.25, 0.3) is 16.7 Å². The molecule has 2 aromatic heterocycles. The summed E-state index contributed by atoms with van der Waals surface area (Å²) in [5.74, 6) is 0.703. The van der Waals surface area contributed by atoms with Crippen LogP contribution in [0, 0.1) is 5.82 Å². The van der Waals surface area contributed by atoms with Gasteiger partial charge in [0.15, 0.2) is 5.65 Å². The zero-order valence-electron chi connectivity index (χ0n) is 20.8. The first-order valence-corrected chi connectivity index (χ1v) is 13.4. The minimum atomic E-state index is -0.206. The Balaban J connectivity index is 1.21. The lowest BCUT2D eigenvalue weighted by Gasteiger charge is -2.35. The Morgan fingerprint density at radius 2 is 1.65 bits per heavy atom. The summed E-state index contributed by atoms with van der Waals surface area (Å²) < 4.78 is 15.6. The molecule has 2 saturated carbocycles. The maximum absolute atomic E-state index is 14.1. The smallest absolute Gasteiger partial charge is 0.254 e. The summed E-state index contributed by atoms with van der Waals surface area (Å²) >= 11 is 0. The van der Waals surface area contributed by atoms with E-state index in [4.69, 9.17) is 10.1 Å². The SMILES string of the molecule is O=C(c1cc(C2CC2)nc2c1c(C1CC1)nn2-c1ccccc1)N1CCN(Cc2cccc(F)c2)CC1. The number of carbonyl (C=O) groups excluding carboxylic acids is 1. The van der Waals surface area contributed by atoms with Gasteiger partial charge in [0.05, 0.1) is 22.3 Å². The lowest BCUT2D eigenvalue weighted by Crippen LogP contribution is -2.48. The van der Waals surface area contributed by atoms with Crippen LogP contribution < -0.4 is 0 Å². The van der Waals surface area contributed by atoms with Gasteiger partial charge in [-0.25, -0.2) is 14.1 Å². The lowest BCUT2D eigenvalue weighted by molar-refractivity contribution is 0.0630. The summed E-state index contributed by atoms with van der Waals surface area (Å²) in [6, 6.07) is 19.0. The number of hydrogen-bond acceptors (Lipinski definition) is 4. The van der Waals surface area contributed by atoms with Crippen LogP contribution in [-0.2, 0) is 6.54 Å². The van der Waals surface area contributed by atoms with Gasteiger partial charge in [0.25, 0.3) is 5.91 Å². The zero-order valence-corrected chi connectivity index (χ0v) is 20.8. The number of amides is 1. The molecule has 1 saturated heterocycles. The van der Waals surface area contributed by atoms with Crippen molar-refractivity contribution in [1.82, 2.24) is 24.6 Å². The first kappa shape index (κ1) is 22.6. The Hall–Kier alpha value is -3.58. The van der Waals surface area contributed by atoms with Crippen molar-refractivity contribution in [3.63, 3.8) is 0 Å². The second-order valence-corrected chi connectivity index (χ2v) is 10.7. The third-order valence-electron chi connectivity index (χ3n) is 7.83. The topological polar surface area (TPSA) is 54.3 Å². The Kier molecular flexibility index (Phi) is 5.54. The van der Waals surface area contributed by atoms with Gasteiger partial charge in [-0.05, 0) is 61.6 Å². The normalized spacial score (nSPS) is 18.5. The molecule has 3 heterocycles. The van der Waals surface area contributed by atoms with Crippen molar-refractivity contribution in [3.05, 3.63) is 89.0 Å². The average molecular weight is 496 g/mol. The number of aromatic nitrogens is 3. The van der Waals surface area contributed by atoms with Crippen LogP contribution in [-0.4, -0.2) is 56.7 Å². The maximum atomic E-state index is 14.1. The molecular weight excluding hydrogens is 465 g/mol. The number of halogens is 1. The Morgan fingerprint density at radius 3 is 2.35 bits per heavy atom. The van der Waals surface area contributed by atoms with Crippen LogP contribution in [0.4, 0.5) is 4.39 Å². The van der Waals surface area contributed by atoms with Crippen molar-refractivity contribution in [1.29, 1.82) is 0 Å². The van der Waals surface area contributed by atoms with E-state index in [-0.39, 0.29) is 11.7 Å². The molecule has 4 aromatic rings. The van der Waals surface area contributed by atoms with Gasteiger partial charge < -0.3 is 4.90 Å². The Morgan fingerprint density at radius 1 is 0.892 bits per heavy atom. The highest BCUT2D eigenvalue weighted by molar-refractivity contribution is 6.07. The number of nitrogens with zero attached hydrogens (tertiary/aromatic N) is 5. The lowest BCUT2D eigenvalue weighted by atomic mass is 10.0. The van der Waals surface area contributed by atoms with E-state index in [0.717, 1.165) is 78.0 Å². The fourth-order valence-corrected chi connectivity index (χ4v) is 5.48. The van der Waals surface area contributed by atoms with Crippen molar-refractivity contribution in [2.45, 2.75) is 44.1 Å². The van der Waals surface area contributed by atoms with Crippen LogP contribution in [0.15, 0.2) is 60.7 Å². The maximum Gasteiger partial charge on any atom is 0.254 e. The largest absolute Gasteiger partial charge is 0.336 e. The molecule has 188 valence electrons. The fourth-order valence-electron chi connectivity index (χ4n) is 5.48. The predicted octanol–water partition coefficient (Wildman–Crippen LogP) is 5.27. The molecular formula is C30H30FN5O. The Bertz CT molecular complexity index is 1470. The van der Waals surface area contributed by atoms with Gasteiger partial charge >= 0.3 is 0 Å². The number of fused-ring (bicyclic) bond motifs is 1. The summed E-state index contributed by atoms with van der Waals surface area (Å²) in [7, 11) is 0. The van der Waals surface area contributed by atoms with E-state index in [1.54, 1.807) is 12.1 Å². The second kappa shape index (κ2) is 9.06. The molecule has 7 rings (SSSR count). The molecule has 0 radical (unpaired) electrons. The van der Waals surface area contributed by atoms with E-state index >= 15 is 0 Å². The molecule has 0 atom stereocenters. The number of piperazine rings is 1. The van der Waals surface area contributed by atoms with E-state index in [1.165, 1.54) is 6.07 Å². The van der Waals surface area contributed by atoms with Gasteiger partial charge in [-0.2, -0.15) is 5.10 Å². The molecule has 2 aliphatic carbocycles. The van der Waals surface area contributed by atoms with Gasteiger partial charge in [-0.15, -0.1) is 0 Å². The highest BCUT2D eigenvalue weighted by Gasteiger charge is 2.35. The van der Waals surface area contributed by atoms with E-state index < -0.39 is 0 Å². The van der Waals surface area contributed by atoms with Crippen LogP contribution in [0.5, 0.6) is 0 Å². The summed E-state index contributed by atoms with van der Waals surface area (Å²) in [4.78, 5) is 23.4. The molecule has 2 aromatic carbocycles. The minimum absolute atomic E-state index is 0.0780. The van der Waals surface area contributed by atoms with E-state index in [2.05, 4.69) is 11.0 Å². The average Bonchev–Trinajstić information content (AvgIpc) is 3.86. The molecule has 0 bridgehead atoms. The van der Waals surface area contributed by atoms with Gasteiger partial charge in [-0.1, -0.05) is 30.3 Å². The molecule has 0 spiro atoms. The predicted molar refractivity (Wildman–Crippen MR) is 140 cm³/mol. The van der Waals surface area contributed by atoms with E-state index in [0.29, 0.717) is 31.5 Å². The first-order chi connectivity index (χ1) is 18.1. The molecule has 3 fully saturated rings. The summed E-state index contributed by atoms with van der Waals surface area (Å²) in [5, 5.41) is 5.97. The summed E-state index contributed by atoms with van der Waals surface area (Å²) in [6.07, 6.45) is 4.47. The first-order valence-electron chi connectivity index (χ1n) is 13.4. The number of benzene rings is 2. The molecule has 1 aliphatic heterocycles. The van der Waals surface area contributed by atoms with E-state index in [9.17, 15) is 9.18 Å². The highest BCUT2D eigenvalue weighted by atomic mass is 19.1. The van der Waals surface area contributed by atoms with Crippen molar-refractivity contribution < 1.29 is 9.18 Å². The van der Waals surface area contributed by atoms with Gasteiger partial charge in [0.1, 0.15) is 5.82 Å². The molecule has 0 unspecified atom stereocenters. The van der Waals surface area contributed by atoms with Gasteiger partial charge in [-0.3, -0.25) is 9.69 Å². The molecule has 1 amide bonds. The third kappa shape index (κ3) is 4.42. The van der Waals surface area contributed by atoms with Crippen LogP contribution in [0.1, 0.15) is 64.8 Å². The van der Waals surface area contributed by atoms with Crippen molar-refractivity contribution >= 4 is 16.9 Å². The standard InChI is InChI=1S/C30H30FN5O/c31-23-6-4-5-20(17-23)19-34-13-15-35(16-14-34)30(37)25-18-26(21-9-10-21)32-29-27(25)28(22-11-12-22)33-36(29)24-7-2-1-3-8-24/h1-8,17-18,21-22H,9-16,19H2. The number of hydrogen-bond donors (Lipinski definition) is 0. The summed E-state index contributed by atoms with van der Waals surface area (Å²) in [6.45, 7) is 3.54. The summed E-state index contributed by atoms with van der Waals surface area (Å²) in [5.41, 5.74) is 5.54. The minimum Gasteiger partial charge on any atom is -0.336 e. The number of pyridine rings is 1. The van der Waals surface area contributed by atoms with Crippen LogP contribution >= 0.6 is 0 Å². The quantitative estimate of drug-likeness (QED) is 0.366. The monoisotopic (exact) mass is 495 g/mol.